The van der Waals surface area contributed by atoms with Crippen molar-refractivity contribution < 1.29 is 14.8 Å². The summed E-state index contributed by atoms with van der Waals surface area (Å²) >= 11 is 0. The molecule has 2 heterocycles. The van der Waals surface area contributed by atoms with E-state index in [-0.39, 0.29) is 48.1 Å². The highest BCUT2D eigenvalue weighted by Crippen LogP contribution is 2.43. The summed E-state index contributed by atoms with van der Waals surface area (Å²) < 4.78 is 5.46. The van der Waals surface area contributed by atoms with E-state index in [2.05, 4.69) is 10.2 Å². The quantitative estimate of drug-likeness (QED) is 0.569. The van der Waals surface area contributed by atoms with E-state index in [1.54, 1.807) is 6.07 Å². The monoisotopic (exact) mass is 418 g/mol. The van der Waals surface area contributed by atoms with E-state index in [4.69, 9.17) is 4.74 Å². The second kappa shape index (κ2) is 10.6. The lowest BCUT2D eigenvalue weighted by Crippen LogP contribution is -2.47. The molecule has 0 unspecified atom stereocenters. The summed E-state index contributed by atoms with van der Waals surface area (Å²) in [7, 11) is 0. The zero-order valence-corrected chi connectivity index (χ0v) is 16.4. The van der Waals surface area contributed by atoms with Crippen molar-refractivity contribution >= 4 is 30.5 Å². The number of halogens is 2. The molecular weight excluding hydrogens is 395 g/mol. The molecule has 2 aliphatic rings. The van der Waals surface area contributed by atoms with Gasteiger partial charge in [-0.15, -0.1) is 24.8 Å². The molecule has 2 fully saturated rings. The van der Waals surface area contributed by atoms with E-state index in [0.717, 1.165) is 45.1 Å². The number of phenols is 1. The molecule has 2 N–H and O–H groups in total. The molecule has 150 valence electrons. The second-order valence-corrected chi connectivity index (χ2v) is 6.48. The molecule has 0 aromatic heterocycles. The SMILES string of the molecule is Cl.Cl.N#Cc1cc([C@H](C2CCOCC2)N2CCNCC2)c(O)c([N+](=O)[O-])c1. The maximum atomic E-state index is 11.3. The van der Waals surface area contributed by atoms with Gasteiger partial charge < -0.3 is 15.2 Å². The lowest BCUT2D eigenvalue weighted by Gasteiger charge is -2.41. The van der Waals surface area contributed by atoms with Crippen LogP contribution in [0.1, 0.15) is 30.0 Å². The van der Waals surface area contributed by atoms with Gasteiger partial charge in [0.1, 0.15) is 0 Å². The van der Waals surface area contributed by atoms with Crippen molar-refractivity contribution in [2.75, 3.05) is 39.4 Å². The first-order valence-corrected chi connectivity index (χ1v) is 8.55. The van der Waals surface area contributed by atoms with Gasteiger partial charge in [0.25, 0.3) is 0 Å². The molecule has 1 aromatic rings. The Hall–Kier alpha value is -1.63. The van der Waals surface area contributed by atoms with Crippen molar-refractivity contribution in [1.29, 1.82) is 5.26 Å². The van der Waals surface area contributed by atoms with Gasteiger partial charge in [-0.1, -0.05) is 0 Å². The number of phenolic OH excluding ortho intramolecular Hbond substituents is 1. The van der Waals surface area contributed by atoms with Crippen molar-refractivity contribution in [2.45, 2.75) is 18.9 Å². The molecule has 3 rings (SSSR count). The van der Waals surface area contributed by atoms with Gasteiger partial charge in [0.05, 0.1) is 16.6 Å². The van der Waals surface area contributed by atoms with Gasteiger partial charge in [0, 0.05) is 57.1 Å². The van der Waals surface area contributed by atoms with E-state index in [0.29, 0.717) is 18.8 Å². The van der Waals surface area contributed by atoms with E-state index < -0.39 is 10.6 Å². The fourth-order valence-corrected chi connectivity index (χ4v) is 3.81. The highest BCUT2D eigenvalue weighted by molar-refractivity contribution is 5.85. The maximum absolute atomic E-state index is 11.3. The molecule has 0 saturated carbocycles. The highest BCUT2D eigenvalue weighted by atomic mass is 35.5. The molecule has 1 aromatic carbocycles. The Kier molecular flexibility index (Phi) is 9.22. The zero-order chi connectivity index (χ0) is 17.8. The van der Waals surface area contributed by atoms with Crippen LogP contribution in [0.25, 0.3) is 0 Å². The number of hydrogen-bond acceptors (Lipinski definition) is 7. The largest absolute Gasteiger partial charge is 0.502 e. The molecule has 0 aliphatic carbocycles. The number of aromatic hydroxyl groups is 1. The number of piperazine rings is 1. The van der Waals surface area contributed by atoms with Gasteiger partial charge in [-0.25, -0.2) is 0 Å². The Balaban J connectivity index is 0.00000182. The highest BCUT2D eigenvalue weighted by Gasteiger charge is 2.35. The van der Waals surface area contributed by atoms with Gasteiger partial charge in [-0.3, -0.25) is 15.0 Å². The van der Waals surface area contributed by atoms with Crippen LogP contribution in [0.2, 0.25) is 0 Å². The molecule has 2 saturated heterocycles. The topological polar surface area (TPSA) is 112 Å². The summed E-state index contributed by atoms with van der Waals surface area (Å²) in [6.07, 6.45) is 1.66. The van der Waals surface area contributed by atoms with E-state index >= 15 is 0 Å². The van der Waals surface area contributed by atoms with Crippen molar-refractivity contribution in [1.82, 2.24) is 10.2 Å². The van der Waals surface area contributed by atoms with E-state index in [1.165, 1.54) is 0 Å². The minimum absolute atomic E-state index is 0. The third-order valence-electron chi connectivity index (χ3n) is 5.02. The number of nitrogens with one attached hydrogen (secondary N) is 1. The van der Waals surface area contributed by atoms with E-state index in [1.807, 2.05) is 6.07 Å². The Labute approximate surface area is 170 Å². The van der Waals surface area contributed by atoms with Crippen molar-refractivity contribution in [3.05, 3.63) is 33.4 Å². The van der Waals surface area contributed by atoms with Gasteiger partial charge in [-0.05, 0) is 24.8 Å². The minimum atomic E-state index is -0.627. The molecule has 0 radical (unpaired) electrons. The molecule has 1 atom stereocenters. The summed E-state index contributed by atoms with van der Waals surface area (Å²) in [6.45, 7) is 4.56. The van der Waals surface area contributed by atoms with Crippen LogP contribution < -0.4 is 5.32 Å². The molecule has 27 heavy (non-hydrogen) atoms. The number of nitro groups is 1. The Morgan fingerprint density at radius 2 is 1.93 bits per heavy atom. The van der Waals surface area contributed by atoms with Crippen LogP contribution in [0, 0.1) is 27.4 Å². The molecular formula is C17H24Cl2N4O4. The number of nitriles is 1. The molecule has 0 amide bonds. The van der Waals surface area contributed by atoms with Gasteiger partial charge in [-0.2, -0.15) is 5.26 Å². The lowest BCUT2D eigenvalue weighted by atomic mass is 9.84. The average Bonchev–Trinajstić information content (AvgIpc) is 2.65. The Morgan fingerprint density at radius 1 is 1.30 bits per heavy atom. The Bertz CT molecular complexity index is 668. The fourth-order valence-electron chi connectivity index (χ4n) is 3.81. The lowest BCUT2D eigenvalue weighted by molar-refractivity contribution is -0.386. The standard InChI is InChI=1S/C17H22N4O4.2ClH/c18-11-12-9-14(17(22)15(10-12)21(23)24)16(13-1-7-25-8-2-13)20-5-3-19-4-6-20;;/h9-10,13,16,19,22H,1-8H2;2*1H/t16-;;/m0../s1. The number of benzene rings is 1. The molecule has 0 spiro atoms. The maximum Gasteiger partial charge on any atom is 0.312 e. The molecule has 0 bridgehead atoms. The number of nitro benzene ring substituents is 1. The van der Waals surface area contributed by atoms with Crippen LogP contribution in [-0.4, -0.2) is 54.3 Å². The summed E-state index contributed by atoms with van der Waals surface area (Å²) in [6, 6.07) is 4.56. The summed E-state index contributed by atoms with van der Waals surface area (Å²) in [5.74, 6) is -0.0923. The smallest absolute Gasteiger partial charge is 0.312 e. The summed E-state index contributed by atoms with van der Waals surface area (Å²) in [5.41, 5.74) is 0.285. The van der Waals surface area contributed by atoms with Crippen LogP contribution >= 0.6 is 24.8 Å². The van der Waals surface area contributed by atoms with Crippen LogP contribution in [-0.2, 0) is 4.74 Å². The zero-order valence-electron chi connectivity index (χ0n) is 14.8. The normalized spacial score (nSPS) is 19.2. The van der Waals surface area contributed by atoms with Crippen LogP contribution in [0.15, 0.2) is 12.1 Å². The molecule has 10 heteroatoms. The van der Waals surface area contributed by atoms with Crippen LogP contribution in [0.5, 0.6) is 5.75 Å². The van der Waals surface area contributed by atoms with Crippen molar-refractivity contribution in [3.8, 4) is 11.8 Å². The van der Waals surface area contributed by atoms with E-state index in [9.17, 15) is 20.5 Å². The fraction of sp³-hybridized carbons (Fsp3) is 0.588. The predicted octanol–water partition coefficient (Wildman–Crippen LogP) is 2.39. The summed E-state index contributed by atoms with van der Waals surface area (Å²) in [4.78, 5) is 12.9. The molecule has 2 aliphatic heterocycles. The number of ether oxygens (including phenoxy) is 1. The number of hydrogen-bond donors (Lipinski definition) is 2. The average molecular weight is 419 g/mol. The van der Waals surface area contributed by atoms with Gasteiger partial charge in [0.15, 0.2) is 5.75 Å². The minimum Gasteiger partial charge on any atom is -0.502 e. The van der Waals surface area contributed by atoms with Crippen LogP contribution in [0.3, 0.4) is 0 Å². The number of rotatable bonds is 4. The Morgan fingerprint density at radius 3 is 2.48 bits per heavy atom. The first-order valence-electron chi connectivity index (χ1n) is 8.55. The first-order chi connectivity index (χ1) is 12.1. The number of nitrogens with zero attached hydrogens (tertiary/aromatic N) is 3. The van der Waals surface area contributed by atoms with Crippen molar-refractivity contribution in [3.63, 3.8) is 0 Å². The molecule has 8 nitrogen and oxygen atoms in total. The third-order valence-corrected chi connectivity index (χ3v) is 5.02. The van der Waals surface area contributed by atoms with Gasteiger partial charge >= 0.3 is 5.69 Å². The predicted molar refractivity (Wildman–Crippen MR) is 105 cm³/mol. The van der Waals surface area contributed by atoms with Gasteiger partial charge in [0.2, 0.25) is 0 Å². The second-order valence-electron chi connectivity index (χ2n) is 6.48. The third kappa shape index (κ3) is 5.21. The van der Waals surface area contributed by atoms with Crippen molar-refractivity contribution in [2.24, 2.45) is 5.92 Å². The van der Waals surface area contributed by atoms with Crippen LogP contribution in [0.4, 0.5) is 5.69 Å². The first kappa shape index (κ1) is 23.4. The summed E-state index contributed by atoms with van der Waals surface area (Å²) in [5, 5.41) is 34.5.